The molecule has 358 valence electrons. The fourth-order valence-corrected chi connectivity index (χ4v) is 6.93. The number of ether oxygens (including phenoxy) is 2. The average molecular weight is 1020 g/mol. The number of carbonyl (C=O) groups excluding carboxylic acids is 2. The van der Waals surface area contributed by atoms with E-state index in [2.05, 4.69) is 16.9 Å². The van der Waals surface area contributed by atoms with E-state index in [4.69, 9.17) is 76.4 Å². The molecule has 0 amide bonds. The maximum Gasteiger partial charge on any atom is 0.435 e. The summed E-state index contributed by atoms with van der Waals surface area (Å²) in [5, 5.41) is 32.1. The molecule has 4 aromatic carbocycles. The standard InChI is InChI=1S/C23H19Cl2F3N2O3.C13H17NO3.C10H4Cl2F3N.CH4/c1-12-7-13(5-6-15(12)20(31)32-21(2,3)4)19-10-22(33-30-19,23(26,27)28)14-8-17(24)16(11-29)18(25)9-14;1-9-7-10(8-14-16)5-6-11(9)12(15)17-13(2,3)4;1-5(10(13,14)15)6-2-8(11)7(4-16)9(12)3-6;/h5-9H,10H2,1-4H3;5-8,16H,1-4H3;2-3H,1H2;1H4/b;14-8+;;. The lowest BCUT2D eigenvalue weighted by Gasteiger charge is -2.30. The highest BCUT2D eigenvalue weighted by atomic mass is 35.5. The molecule has 1 heterocycles. The Morgan fingerprint density at radius 1 is 0.776 bits per heavy atom. The highest BCUT2D eigenvalue weighted by Crippen LogP contribution is 2.50. The van der Waals surface area contributed by atoms with Crippen molar-refractivity contribution in [3.8, 4) is 12.1 Å². The van der Waals surface area contributed by atoms with Gasteiger partial charge in [-0.25, -0.2) is 9.59 Å². The van der Waals surface area contributed by atoms with Crippen LogP contribution in [0.25, 0.3) is 5.57 Å². The summed E-state index contributed by atoms with van der Waals surface area (Å²) in [6.45, 7) is 17.1. The number of nitrogens with zero attached hydrogens (tertiary/aromatic N) is 4. The molecule has 10 nitrogen and oxygen atoms in total. The van der Waals surface area contributed by atoms with Crippen molar-refractivity contribution in [3.05, 3.63) is 143 Å². The van der Waals surface area contributed by atoms with Gasteiger partial charge in [0, 0.05) is 12.0 Å². The van der Waals surface area contributed by atoms with Crippen molar-refractivity contribution < 1.29 is 55.5 Å². The molecule has 1 atom stereocenters. The topological polar surface area (TPSA) is 154 Å². The molecule has 0 spiro atoms. The second-order valence-electron chi connectivity index (χ2n) is 16.3. The monoisotopic (exact) mass is 1010 g/mol. The summed E-state index contributed by atoms with van der Waals surface area (Å²) in [4.78, 5) is 29.2. The van der Waals surface area contributed by atoms with Crippen molar-refractivity contribution in [1.82, 2.24) is 0 Å². The van der Waals surface area contributed by atoms with Gasteiger partial charge in [0.15, 0.2) is 0 Å². The molecule has 67 heavy (non-hydrogen) atoms. The fourth-order valence-electron chi connectivity index (χ4n) is 5.79. The first-order chi connectivity index (χ1) is 30.3. The minimum absolute atomic E-state index is 0. The van der Waals surface area contributed by atoms with Gasteiger partial charge in [-0.3, -0.25) is 0 Å². The van der Waals surface area contributed by atoms with Crippen molar-refractivity contribution in [2.75, 3.05) is 0 Å². The smallest absolute Gasteiger partial charge is 0.435 e. The summed E-state index contributed by atoms with van der Waals surface area (Å²) < 4.78 is 90.3. The van der Waals surface area contributed by atoms with Gasteiger partial charge in [0.25, 0.3) is 5.60 Å². The second kappa shape index (κ2) is 22.3. The van der Waals surface area contributed by atoms with Crippen LogP contribution in [0.4, 0.5) is 26.3 Å². The fraction of sp³-hybridized carbons (Fsp3) is 0.319. The quantitative estimate of drug-likeness (QED) is 0.0658. The summed E-state index contributed by atoms with van der Waals surface area (Å²) in [7, 11) is 0. The van der Waals surface area contributed by atoms with Gasteiger partial charge >= 0.3 is 24.3 Å². The highest BCUT2D eigenvalue weighted by molar-refractivity contribution is 6.37. The summed E-state index contributed by atoms with van der Waals surface area (Å²) in [5.74, 6) is -0.884. The van der Waals surface area contributed by atoms with Crippen molar-refractivity contribution >= 4 is 75.8 Å². The van der Waals surface area contributed by atoms with Crippen LogP contribution >= 0.6 is 46.4 Å². The highest BCUT2D eigenvalue weighted by Gasteiger charge is 2.62. The molecule has 0 bridgehead atoms. The second-order valence-corrected chi connectivity index (χ2v) is 17.9. The van der Waals surface area contributed by atoms with Gasteiger partial charge in [-0.15, -0.1) is 0 Å². The Morgan fingerprint density at radius 2 is 1.21 bits per heavy atom. The zero-order chi connectivity index (χ0) is 50.3. The van der Waals surface area contributed by atoms with Crippen molar-refractivity contribution in [2.24, 2.45) is 10.3 Å². The molecule has 0 aromatic heterocycles. The lowest BCUT2D eigenvalue weighted by molar-refractivity contribution is -0.275. The Kier molecular flexibility index (Phi) is 19.1. The third-order valence-corrected chi connectivity index (χ3v) is 10.1. The van der Waals surface area contributed by atoms with Gasteiger partial charge in [-0.1, -0.05) is 82.9 Å². The number of esters is 2. The molecule has 1 N–H and O–H groups in total. The number of hydrogen-bond acceptors (Lipinski definition) is 10. The van der Waals surface area contributed by atoms with Gasteiger partial charge in [0.05, 0.1) is 59.8 Å². The number of oxime groups is 2. The van der Waals surface area contributed by atoms with Crippen LogP contribution in [0.15, 0.2) is 77.6 Å². The number of carbonyl (C=O) groups is 2. The Hall–Kier alpha value is -5.78. The zero-order valence-electron chi connectivity index (χ0n) is 36.3. The van der Waals surface area contributed by atoms with Crippen LogP contribution < -0.4 is 0 Å². The number of rotatable bonds is 6. The van der Waals surface area contributed by atoms with Crippen LogP contribution in [0.5, 0.6) is 0 Å². The van der Waals surface area contributed by atoms with E-state index in [0.717, 1.165) is 35.4 Å². The third-order valence-electron chi connectivity index (χ3n) is 8.91. The number of benzene rings is 4. The van der Waals surface area contributed by atoms with E-state index in [9.17, 15) is 35.9 Å². The number of hydrogen-bond donors (Lipinski definition) is 1. The molecular formula is C47H44Cl4F6N4O6. The van der Waals surface area contributed by atoms with Crippen LogP contribution in [0.2, 0.25) is 20.1 Å². The molecule has 20 heteroatoms. The van der Waals surface area contributed by atoms with E-state index < -0.39 is 47.1 Å². The van der Waals surface area contributed by atoms with Crippen LogP contribution in [0.3, 0.4) is 0 Å². The van der Waals surface area contributed by atoms with Crippen molar-refractivity contribution in [1.29, 1.82) is 10.5 Å². The summed E-state index contributed by atoms with van der Waals surface area (Å²) in [6, 6.07) is 17.1. The van der Waals surface area contributed by atoms with Gasteiger partial charge in [-0.05, 0) is 132 Å². The molecular weight excluding hydrogens is 972 g/mol. The molecule has 0 saturated heterocycles. The van der Waals surface area contributed by atoms with E-state index in [1.54, 1.807) is 64.1 Å². The Labute approximate surface area is 403 Å². The lowest BCUT2D eigenvalue weighted by Crippen LogP contribution is -2.42. The Bertz CT molecular complexity index is 2630. The number of allylic oxidation sites excluding steroid dienone is 1. The first-order valence-electron chi connectivity index (χ1n) is 19.0. The van der Waals surface area contributed by atoms with Gasteiger partial charge in [0.2, 0.25) is 0 Å². The van der Waals surface area contributed by atoms with E-state index in [1.165, 1.54) is 18.3 Å². The van der Waals surface area contributed by atoms with E-state index in [-0.39, 0.29) is 61.5 Å². The van der Waals surface area contributed by atoms with Gasteiger partial charge < -0.3 is 19.5 Å². The molecule has 1 aliphatic rings. The summed E-state index contributed by atoms with van der Waals surface area (Å²) in [5.41, 5.74) is -2.65. The summed E-state index contributed by atoms with van der Waals surface area (Å²) >= 11 is 23.2. The SMILES string of the molecule is C.C=C(c1cc(Cl)c(C#N)c(Cl)c1)C(F)(F)F.Cc1cc(/C=N/O)ccc1C(=O)OC(C)(C)C.Cc1cc(C2=NOC(c3cc(Cl)c(C#N)c(Cl)c3)(C(F)(F)F)C2)ccc1C(=O)OC(C)(C)C. The number of nitriles is 2. The molecule has 4 aromatic rings. The number of alkyl halides is 6. The van der Waals surface area contributed by atoms with Crippen LogP contribution in [-0.4, -0.2) is 52.6 Å². The number of aryl methyl sites for hydroxylation is 2. The van der Waals surface area contributed by atoms with Crippen LogP contribution in [0, 0.1) is 36.5 Å². The average Bonchev–Trinajstić information content (AvgIpc) is 3.64. The third kappa shape index (κ3) is 14.9. The predicted molar refractivity (Wildman–Crippen MR) is 246 cm³/mol. The van der Waals surface area contributed by atoms with Crippen molar-refractivity contribution in [2.45, 2.75) is 98.4 Å². The molecule has 1 unspecified atom stereocenters. The Balaban J connectivity index is 0.000000382. The van der Waals surface area contributed by atoms with Crippen LogP contribution in [0.1, 0.15) is 121 Å². The molecule has 0 aliphatic carbocycles. The van der Waals surface area contributed by atoms with Gasteiger partial charge in [-0.2, -0.15) is 36.9 Å². The molecule has 0 saturated carbocycles. The zero-order valence-corrected chi connectivity index (χ0v) is 39.3. The Morgan fingerprint density at radius 3 is 1.58 bits per heavy atom. The first kappa shape index (κ1) is 57.3. The van der Waals surface area contributed by atoms with Crippen molar-refractivity contribution in [3.63, 3.8) is 0 Å². The minimum Gasteiger partial charge on any atom is -0.456 e. The molecule has 1 aliphatic heterocycles. The largest absolute Gasteiger partial charge is 0.456 e. The summed E-state index contributed by atoms with van der Waals surface area (Å²) in [6.07, 6.45) is -8.77. The minimum atomic E-state index is -4.87. The molecule has 0 fully saturated rings. The van der Waals surface area contributed by atoms with E-state index in [1.807, 2.05) is 27.7 Å². The predicted octanol–water partition coefficient (Wildman–Crippen LogP) is 14.5. The molecule has 0 radical (unpaired) electrons. The van der Waals surface area contributed by atoms with E-state index in [0.29, 0.717) is 22.3 Å². The van der Waals surface area contributed by atoms with Crippen LogP contribution in [-0.2, 0) is 19.9 Å². The van der Waals surface area contributed by atoms with Gasteiger partial charge in [0.1, 0.15) is 23.3 Å². The van der Waals surface area contributed by atoms with E-state index >= 15 is 0 Å². The maximum atomic E-state index is 14.2. The first-order valence-corrected chi connectivity index (χ1v) is 20.5. The maximum absolute atomic E-state index is 14.2. The molecule has 5 rings (SSSR count). The lowest BCUT2D eigenvalue weighted by atomic mass is 9.85. The number of halogens is 10. The normalized spacial score (nSPS) is 14.7.